The first-order valence-electron chi connectivity index (χ1n) is 9.14. The highest BCUT2D eigenvalue weighted by Gasteiger charge is 2.55. The lowest BCUT2D eigenvalue weighted by molar-refractivity contribution is -0.144. The first-order chi connectivity index (χ1) is 12.6. The third-order valence-electron chi connectivity index (χ3n) is 5.13. The Labute approximate surface area is 152 Å². The van der Waals surface area contributed by atoms with Gasteiger partial charge < -0.3 is 14.7 Å². The molecular formula is C19H24N4O3. The summed E-state index contributed by atoms with van der Waals surface area (Å²) in [6.07, 6.45) is 3.22. The van der Waals surface area contributed by atoms with Crippen molar-refractivity contribution in [2.75, 3.05) is 19.7 Å². The maximum Gasteiger partial charge on any atom is 0.250 e. The van der Waals surface area contributed by atoms with Crippen LogP contribution in [0, 0.1) is 0 Å². The van der Waals surface area contributed by atoms with Gasteiger partial charge in [-0.05, 0) is 25.3 Å². The molecule has 26 heavy (non-hydrogen) atoms. The minimum absolute atomic E-state index is 0.0914. The quantitative estimate of drug-likeness (QED) is 0.873. The predicted molar refractivity (Wildman–Crippen MR) is 94.3 cm³/mol. The smallest absolute Gasteiger partial charge is 0.250 e. The number of morpholine rings is 1. The van der Waals surface area contributed by atoms with E-state index in [1.807, 2.05) is 35.2 Å². The zero-order valence-electron chi connectivity index (χ0n) is 14.9. The molecule has 2 unspecified atom stereocenters. The molecule has 0 radical (unpaired) electrons. The Bertz CT molecular complexity index is 770. The summed E-state index contributed by atoms with van der Waals surface area (Å²) in [4.78, 5) is 15.1. The van der Waals surface area contributed by atoms with E-state index >= 15 is 0 Å². The Hall–Kier alpha value is -2.25. The van der Waals surface area contributed by atoms with Gasteiger partial charge in [-0.3, -0.25) is 4.79 Å². The predicted octanol–water partition coefficient (Wildman–Crippen LogP) is 1.29. The lowest BCUT2D eigenvalue weighted by atomic mass is 10.1. The molecule has 0 spiro atoms. The number of ether oxygens (including phenoxy) is 1. The maximum absolute atomic E-state index is 13.2. The summed E-state index contributed by atoms with van der Waals surface area (Å²) in [5.74, 6) is 0.0928. The molecule has 7 nitrogen and oxygen atoms in total. The lowest BCUT2D eigenvalue weighted by Gasteiger charge is -2.35. The minimum Gasteiger partial charge on any atom is -0.393 e. The molecule has 1 aliphatic carbocycles. The highest BCUT2D eigenvalue weighted by molar-refractivity contribution is 5.87. The standard InChI is InChI=1S/C19H24N4O3/c1-14(24)11-16-12-23(21-20-16)19(7-8-19)18(25)22-9-10-26-17(13-22)15-5-3-2-4-6-15/h2-6,12,14,17,24H,7-11,13H2,1H3. The molecule has 1 saturated carbocycles. The average molecular weight is 356 g/mol. The topological polar surface area (TPSA) is 80.5 Å². The van der Waals surface area contributed by atoms with Crippen molar-refractivity contribution >= 4 is 5.91 Å². The molecule has 0 bridgehead atoms. The number of aliphatic hydroxyl groups is 1. The largest absolute Gasteiger partial charge is 0.393 e. The van der Waals surface area contributed by atoms with Crippen LogP contribution in [-0.2, 0) is 21.5 Å². The summed E-state index contributed by atoms with van der Waals surface area (Å²) >= 11 is 0. The first-order valence-corrected chi connectivity index (χ1v) is 9.14. The summed E-state index contributed by atoms with van der Waals surface area (Å²) in [6.45, 7) is 3.40. The molecule has 2 aromatic rings. The van der Waals surface area contributed by atoms with Crippen LogP contribution in [0.1, 0.15) is 37.1 Å². The van der Waals surface area contributed by atoms with Crippen LogP contribution in [-0.4, -0.2) is 56.7 Å². The molecule has 1 N–H and O–H groups in total. The minimum atomic E-state index is -0.609. The second-order valence-corrected chi connectivity index (χ2v) is 7.26. The molecule has 4 rings (SSSR count). The molecule has 2 atom stereocenters. The highest BCUT2D eigenvalue weighted by Crippen LogP contribution is 2.45. The molecule has 1 amide bonds. The second-order valence-electron chi connectivity index (χ2n) is 7.26. The zero-order chi connectivity index (χ0) is 18.1. The van der Waals surface area contributed by atoms with Crippen molar-refractivity contribution in [1.29, 1.82) is 0 Å². The molecule has 1 aromatic carbocycles. The van der Waals surface area contributed by atoms with E-state index in [2.05, 4.69) is 10.3 Å². The molecular weight excluding hydrogens is 332 g/mol. The number of aromatic nitrogens is 3. The summed E-state index contributed by atoms with van der Waals surface area (Å²) in [5.41, 5.74) is 1.20. The Morgan fingerprint density at radius 3 is 2.85 bits per heavy atom. The summed E-state index contributed by atoms with van der Waals surface area (Å²) < 4.78 is 7.57. The summed E-state index contributed by atoms with van der Waals surface area (Å²) in [5, 5.41) is 17.8. The number of hydrogen-bond acceptors (Lipinski definition) is 5. The summed E-state index contributed by atoms with van der Waals surface area (Å²) in [7, 11) is 0. The Morgan fingerprint density at radius 1 is 1.38 bits per heavy atom. The van der Waals surface area contributed by atoms with Crippen molar-refractivity contribution in [2.45, 2.75) is 43.9 Å². The number of carbonyl (C=O) groups is 1. The Balaban J connectivity index is 1.49. The van der Waals surface area contributed by atoms with Gasteiger partial charge in [-0.15, -0.1) is 5.10 Å². The molecule has 2 fully saturated rings. The van der Waals surface area contributed by atoms with Crippen LogP contribution in [0.15, 0.2) is 36.5 Å². The van der Waals surface area contributed by atoms with Crippen molar-refractivity contribution in [1.82, 2.24) is 19.9 Å². The molecule has 2 aliphatic rings. The van der Waals surface area contributed by atoms with Crippen LogP contribution >= 0.6 is 0 Å². The first kappa shape index (κ1) is 17.2. The number of hydrogen-bond donors (Lipinski definition) is 1. The molecule has 1 aromatic heterocycles. The van der Waals surface area contributed by atoms with Gasteiger partial charge in [0.1, 0.15) is 11.6 Å². The van der Waals surface area contributed by atoms with Crippen molar-refractivity contribution in [2.24, 2.45) is 0 Å². The fourth-order valence-electron chi connectivity index (χ4n) is 3.56. The van der Waals surface area contributed by atoms with E-state index in [1.54, 1.807) is 17.8 Å². The zero-order valence-corrected chi connectivity index (χ0v) is 14.9. The molecule has 7 heteroatoms. The highest BCUT2D eigenvalue weighted by atomic mass is 16.5. The Morgan fingerprint density at radius 2 is 2.15 bits per heavy atom. The van der Waals surface area contributed by atoms with Crippen LogP contribution in [0.4, 0.5) is 0 Å². The summed E-state index contributed by atoms with van der Waals surface area (Å²) in [6, 6.07) is 10.0. The van der Waals surface area contributed by atoms with E-state index in [-0.39, 0.29) is 12.0 Å². The molecule has 1 saturated heterocycles. The fourth-order valence-corrected chi connectivity index (χ4v) is 3.56. The van der Waals surface area contributed by atoms with Crippen LogP contribution in [0.5, 0.6) is 0 Å². The van der Waals surface area contributed by atoms with Gasteiger partial charge in [-0.2, -0.15) is 0 Å². The van der Waals surface area contributed by atoms with Gasteiger partial charge >= 0.3 is 0 Å². The number of rotatable bonds is 5. The van der Waals surface area contributed by atoms with Gasteiger partial charge in [0.15, 0.2) is 0 Å². The number of amides is 1. The van der Waals surface area contributed by atoms with E-state index in [0.29, 0.717) is 31.8 Å². The number of carbonyl (C=O) groups excluding carboxylic acids is 1. The lowest BCUT2D eigenvalue weighted by Crippen LogP contribution is -2.48. The molecule has 2 heterocycles. The normalized spacial score (nSPS) is 22.8. The number of benzene rings is 1. The molecule has 138 valence electrons. The van der Waals surface area contributed by atoms with Crippen molar-refractivity contribution in [3.05, 3.63) is 47.8 Å². The van der Waals surface area contributed by atoms with Crippen LogP contribution in [0.25, 0.3) is 0 Å². The van der Waals surface area contributed by atoms with Crippen molar-refractivity contribution < 1.29 is 14.6 Å². The average Bonchev–Trinajstić information content (AvgIpc) is 3.35. The van der Waals surface area contributed by atoms with Crippen LogP contribution < -0.4 is 0 Å². The van der Waals surface area contributed by atoms with Gasteiger partial charge in [0.25, 0.3) is 5.91 Å². The third kappa shape index (κ3) is 3.24. The second kappa shape index (κ2) is 6.81. The van der Waals surface area contributed by atoms with Crippen molar-refractivity contribution in [3.8, 4) is 0 Å². The van der Waals surface area contributed by atoms with Gasteiger partial charge in [0, 0.05) is 19.2 Å². The Kier molecular flexibility index (Phi) is 4.50. The molecule has 1 aliphatic heterocycles. The number of nitrogens with zero attached hydrogens (tertiary/aromatic N) is 4. The monoisotopic (exact) mass is 356 g/mol. The van der Waals surface area contributed by atoms with E-state index in [0.717, 1.165) is 18.4 Å². The SMILES string of the molecule is CC(O)Cc1cn(C2(C(=O)N3CCOC(c4ccccc4)C3)CC2)nn1. The maximum atomic E-state index is 13.2. The number of aliphatic hydroxyl groups excluding tert-OH is 1. The van der Waals surface area contributed by atoms with E-state index in [1.165, 1.54) is 0 Å². The van der Waals surface area contributed by atoms with Gasteiger partial charge in [0.05, 0.1) is 24.9 Å². The van der Waals surface area contributed by atoms with Crippen LogP contribution in [0.2, 0.25) is 0 Å². The van der Waals surface area contributed by atoms with Gasteiger partial charge in [0.2, 0.25) is 0 Å². The van der Waals surface area contributed by atoms with E-state index in [4.69, 9.17) is 4.74 Å². The van der Waals surface area contributed by atoms with Gasteiger partial charge in [-0.1, -0.05) is 35.5 Å². The van der Waals surface area contributed by atoms with Crippen molar-refractivity contribution in [3.63, 3.8) is 0 Å². The van der Waals surface area contributed by atoms with Crippen LogP contribution in [0.3, 0.4) is 0 Å². The third-order valence-corrected chi connectivity index (χ3v) is 5.13. The van der Waals surface area contributed by atoms with E-state index < -0.39 is 11.6 Å². The van der Waals surface area contributed by atoms with Gasteiger partial charge in [-0.25, -0.2) is 4.68 Å². The fraction of sp³-hybridized carbons (Fsp3) is 0.526. The van der Waals surface area contributed by atoms with E-state index in [9.17, 15) is 9.90 Å².